The molecule has 6 heteroatoms. The highest BCUT2D eigenvalue weighted by Crippen LogP contribution is 2.20. The standard InChI is InChI=1S/C14H12BrNO4/c1-9-6-7-12(20-9)14(18)19-8-13(17)16-11-5-3-2-4-10(11)15/h2-7H,8H2,1H3,(H,16,17). The molecular weight excluding hydrogens is 326 g/mol. The van der Waals surface area contributed by atoms with E-state index in [-0.39, 0.29) is 12.4 Å². The van der Waals surface area contributed by atoms with Crippen molar-refractivity contribution in [1.82, 2.24) is 0 Å². The quantitative estimate of drug-likeness (QED) is 0.870. The van der Waals surface area contributed by atoms with E-state index in [0.29, 0.717) is 11.4 Å². The van der Waals surface area contributed by atoms with Gasteiger partial charge in [-0.2, -0.15) is 0 Å². The van der Waals surface area contributed by atoms with Gasteiger partial charge in [0.2, 0.25) is 5.76 Å². The monoisotopic (exact) mass is 337 g/mol. The van der Waals surface area contributed by atoms with Gasteiger partial charge in [0.15, 0.2) is 6.61 Å². The van der Waals surface area contributed by atoms with Gasteiger partial charge in [0.05, 0.1) is 5.69 Å². The molecule has 0 spiro atoms. The zero-order valence-electron chi connectivity index (χ0n) is 10.7. The first kappa shape index (κ1) is 14.3. The van der Waals surface area contributed by atoms with E-state index in [2.05, 4.69) is 21.2 Å². The Morgan fingerprint density at radius 1 is 1.25 bits per heavy atom. The number of carbonyl (C=O) groups is 2. The van der Waals surface area contributed by atoms with Gasteiger partial charge in [-0.1, -0.05) is 12.1 Å². The fourth-order valence-electron chi connectivity index (χ4n) is 1.50. The number of carbonyl (C=O) groups excluding carboxylic acids is 2. The van der Waals surface area contributed by atoms with E-state index in [1.807, 2.05) is 6.07 Å². The molecule has 104 valence electrons. The van der Waals surface area contributed by atoms with Crippen LogP contribution in [-0.2, 0) is 9.53 Å². The van der Waals surface area contributed by atoms with E-state index in [4.69, 9.17) is 9.15 Å². The molecule has 0 saturated carbocycles. The number of amides is 1. The number of hydrogen-bond acceptors (Lipinski definition) is 4. The molecule has 0 atom stereocenters. The minimum Gasteiger partial charge on any atom is -0.454 e. The van der Waals surface area contributed by atoms with Gasteiger partial charge in [0.25, 0.3) is 5.91 Å². The lowest BCUT2D eigenvalue weighted by molar-refractivity contribution is -0.119. The molecule has 0 aliphatic heterocycles. The maximum Gasteiger partial charge on any atom is 0.374 e. The summed E-state index contributed by atoms with van der Waals surface area (Å²) in [5.74, 6) is -0.403. The van der Waals surface area contributed by atoms with Gasteiger partial charge in [0.1, 0.15) is 5.76 Å². The zero-order valence-corrected chi connectivity index (χ0v) is 12.3. The molecule has 1 amide bonds. The van der Waals surface area contributed by atoms with E-state index >= 15 is 0 Å². The van der Waals surface area contributed by atoms with Crippen molar-refractivity contribution in [3.05, 3.63) is 52.4 Å². The van der Waals surface area contributed by atoms with Crippen molar-refractivity contribution in [2.75, 3.05) is 11.9 Å². The van der Waals surface area contributed by atoms with Crippen LogP contribution in [0.3, 0.4) is 0 Å². The fourth-order valence-corrected chi connectivity index (χ4v) is 1.88. The highest BCUT2D eigenvalue weighted by molar-refractivity contribution is 9.10. The number of esters is 1. The van der Waals surface area contributed by atoms with Crippen molar-refractivity contribution in [2.45, 2.75) is 6.92 Å². The molecule has 0 fully saturated rings. The number of nitrogens with one attached hydrogen (secondary N) is 1. The maximum absolute atomic E-state index is 11.7. The number of halogens is 1. The number of anilines is 1. The second kappa shape index (κ2) is 6.38. The number of benzene rings is 1. The van der Waals surface area contributed by atoms with Gasteiger partial charge in [-0.15, -0.1) is 0 Å². The van der Waals surface area contributed by atoms with Crippen LogP contribution in [0.1, 0.15) is 16.3 Å². The first-order valence-corrected chi connectivity index (χ1v) is 6.63. The Bertz CT molecular complexity index is 636. The Kier molecular flexibility index (Phi) is 4.57. The van der Waals surface area contributed by atoms with E-state index < -0.39 is 11.9 Å². The number of ether oxygens (including phenoxy) is 1. The summed E-state index contributed by atoms with van der Waals surface area (Å²) in [7, 11) is 0. The molecule has 0 aliphatic rings. The lowest BCUT2D eigenvalue weighted by atomic mass is 10.3. The number of aryl methyl sites for hydroxylation is 1. The predicted molar refractivity (Wildman–Crippen MR) is 76.5 cm³/mol. The van der Waals surface area contributed by atoms with Gasteiger partial charge in [-0.3, -0.25) is 4.79 Å². The van der Waals surface area contributed by atoms with Crippen molar-refractivity contribution >= 4 is 33.5 Å². The number of para-hydroxylation sites is 1. The maximum atomic E-state index is 11.7. The SMILES string of the molecule is Cc1ccc(C(=O)OCC(=O)Nc2ccccc2Br)o1. The van der Waals surface area contributed by atoms with Gasteiger partial charge < -0.3 is 14.5 Å². The van der Waals surface area contributed by atoms with Crippen LogP contribution in [0.25, 0.3) is 0 Å². The molecule has 1 N–H and O–H groups in total. The van der Waals surface area contributed by atoms with Crippen LogP contribution in [0.15, 0.2) is 45.3 Å². The Hall–Kier alpha value is -2.08. The van der Waals surface area contributed by atoms with E-state index in [1.54, 1.807) is 31.2 Å². The summed E-state index contributed by atoms with van der Waals surface area (Å²) in [5, 5.41) is 2.63. The molecular formula is C14H12BrNO4. The summed E-state index contributed by atoms with van der Waals surface area (Å²) in [5.41, 5.74) is 0.613. The van der Waals surface area contributed by atoms with Crippen LogP contribution in [0, 0.1) is 6.92 Å². The van der Waals surface area contributed by atoms with Gasteiger partial charge in [-0.25, -0.2) is 4.79 Å². The second-order valence-electron chi connectivity index (χ2n) is 4.01. The third-order valence-electron chi connectivity index (χ3n) is 2.42. The van der Waals surface area contributed by atoms with Crippen molar-refractivity contribution in [3.8, 4) is 0 Å². The lowest BCUT2D eigenvalue weighted by Gasteiger charge is -2.07. The highest BCUT2D eigenvalue weighted by Gasteiger charge is 2.14. The summed E-state index contributed by atoms with van der Waals surface area (Å²) in [6.45, 7) is 1.34. The average molecular weight is 338 g/mol. The molecule has 0 saturated heterocycles. The zero-order chi connectivity index (χ0) is 14.5. The largest absolute Gasteiger partial charge is 0.454 e. The number of furan rings is 1. The van der Waals surface area contributed by atoms with Gasteiger partial charge in [0, 0.05) is 4.47 Å². The van der Waals surface area contributed by atoms with Crippen molar-refractivity contribution in [2.24, 2.45) is 0 Å². The Balaban J connectivity index is 1.87. The summed E-state index contributed by atoms with van der Waals surface area (Å²) >= 11 is 3.31. The summed E-state index contributed by atoms with van der Waals surface area (Å²) in [6, 6.07) is 10.3. The predicted octanol–water partition coefficient (Wildman–Crippen LogP) is 3.15. The summed E-state index contributed by atoms with van der Waals surface area (Å²) in [6.07, 6.45) is 0. The third kappa shape index (κ3) is 3.71. The molecule has 5 nitrogen and oxygen atoms in total. The first-order valence-electron chi connectivity index (χ1n) is 5.84. The summed E-state index contributed by atoms with van der Waals surface area (Å²) < 4.78 is 10.7. The molecule has 0 radical (unpaired) electrons. The molecule has 2 aromatic rings. The van der Waals surface area contributed by atoms with Crippen LogP contribution >= 0.6 is 15.9 Å². The highest BCUT2D eigenvalue weighted by atomic mass is 79.9. The molecule has 0 unspecified atom stereocenters. The minimum absolute atomic E-state index is 0.0798. The van der Waals surface area contributed by atoms with Gasteiger partial charge in [-0.05, 0) is 47.1 Å². The first-order chi connectivity index (χ1) is 9.56. The van der Waals surface area contributed by atoms with E-state index in [0.717, 1.165) is 4.47 Å². The second-order valence-corrected chi connectivity index (χ2v) is 4.87. The van der Waals surface area contributed by atoms with Crippen molar-refractivity contribution in [1.29, 1.82) is 0 Å². The molecule has 1 aromatic heterocycles. The van der Waals surface area contributed by atoms with Crippen LogP contribution < -0.4 is 5.32 Å². The van der Waals surface area contributed by atoms with Crippen molar-refractivity contribution in [3.63, 3.8) is 0 Å². The van der Waals surface area contributed by atoms with Crippen molar-refractivity contribution < 1.29 is 18.7 Å². The molecule has 0 aliphatic carbocycles. The average Bonchev–Trinajstić information content (AvgIpc) is 2.85. The number of rotatable bonds is 4. The van der Waals surface area contributed by atoms with E-state index in [9.17, 15) is 9.59 Å². The van der Waals surface area contributed by atoms with Crippen LogP contribution in [0.2, 0.25) is 0 Å². The van der Waals surface area contributed by atoms with Gasteiger partial charge >= 0.3 is 5.97 Å². The molecule has 20 heavy (non-hydrogen) atoms. The molecule has 1 heterocycles. The Labute approximate surface area is 124 Å². The van der Waals surface area contributed by atoms with Crippen LogP contribution in [-0.4, -0.2) is 18.5 Å². The minimum atomic E-state index is -0.666. The topological polar surface area (TPSA) is 68.5 Å². The third-order valence-corrected chi connectivity index (χ3v) is 3.12. The smallest absolute Gasteiger partial charge is 0.374 e. The fraction of sp³-hybridized carbons (Fsp3) is 0.143. The Morgan fingerprint density at radius 2 is 2.00 bits per heavy atom. The molecule has 1 aromatic carbocycles. The van der Waals surface area contributed by atoms with Crippen LogP contribution in [0.5, 0.6) is 0 Å². The lowest BCUT2D eigenvalue weighted by Crippen LogP contribution is -2.20. The van der Waals surface area contributed by atoms with E-state index in [1.165, 1.54) is 6.07 Å². The number of hydrogen-bond donors (Lipinski definition) is 1. The normalized spacial score (nSPS) is 10.1. The molecule has 2 rings (SSSR count). The Morgan fingerprint density at radius 3 is 2.65 bits per heavy atom. The summed E-state index contributed by atoms with van der Waals surface area (Å²) in [4.78, 5) is 23.2. The van der Waals surface area contributed by atoms with Crippen LogP contribution in [0.4, 0.5) is 5.69 Å². The molecule has 0 bridgehead atoms.